The van der Waals surface area contributed by atoms with Crippen molar-refractivity contribution in [3.8, 4) is 17.2 Å². The van der Waals surface area contributed by atoms with Crippen molar-refractivity contribution in [3.63, 3.8) is 0 Å². The molecule has 1 aliphatic rings. The van der Waals surface area contributed by atoms with Crippen molar-refractivity contribution in [1.82, 2.24) is 5.32 Å². The largest absolute Gasteiger partial charge is 0.493 e. The third kappa shape index (κ3) is 4.41. The molecule has 2 aromatic carbocycles. The molecule has 0 aliphatic carbocycles. The lowest BCUT2D eigenvalue weighted by Crippen LogP contribution is -2.45. The lowest BCUT2D eigenvalue weighted by Gasteiger charge is -2.38. The molecular formula is C23H29NO4. The maximum Gasteiger partial charge on any atom is 0.261 e. The number of fused-ring (bicyclic) bond motifs is 1. The van der Waals surface area contributed by atoms with Gasteiger partial charge in [-0.25, -0.2) is 0 Å². The van der Waals surface area contributed by atoms with E-state index < -0.39 is 6.10 Å². The van der Waals surface area contributed by atoms with E-state index in [1.807, 2.05) is 64.1 Å². The third-order valence-corrected chi connectivity index (χ3v) is 4.94. The van der Waals surface area contributed by atoms with Crippen molar-refractivity contribution in [2.24, 2.45) is 0 Å². The molecule has 5 heteroatoms. The predicted molar refractivity (Wildman–Crippen MR) is 109 cm³/mol. The fourth-order valence-corrected chi connectivity index (χ4v) is 3.56. The van der Waals surface area contributed by atoms with Crippen LogP contribution in [0.25, 0.3) is 0 Å². The quantitative estimate of drug-likeness (QED) is 0.793. The average molecular weight is 383 g/mol. The van der Waals surface area contributed by atoms with Crippen LogP contribution >= 0.6 is 0 Å². The first-order chi connectivity index (χ1) is 13.3. The van der Waals surface area contributed by atoms with Gasteiger partial charge < -0.3 is 19.5 Å². The Balaban J connectivity index is 1.80. The molecule has 28 heavy (non-hydrogen) atoms. The van der Waals surface area contributed by atoms with E-state index in [0.29, 0.717) is 24.3 Å². The van der Waals surface area contributed by atoms with Gasteiger partial charge in [-0.1, -0.05) is 36.8 Å². The van der Waals surface area contributed by atoms with Gasteiger partial charge in [0, 0.05) is 12.0 Å². The second-order valence-corrected chi connectivity index (χ2v) is 7.83. The Labute approximate surface area is 167 Å². The fraction of sp³-hybridized carbons (Fsp3) is 0.435. The van der Waals surface area contributed by atoms with Crippen LogP contribution in [0.4, 0.5) is 0 Å². The Morgan fingerprint density at radius 3 is 2.64 bits per heavy atom. The van der Waals surface area contributed by atoms with Crippen molar-refractivity contribution in [2.45, 2.75) is 58.3 Å². The van der Waals surface area contributed by atoms with Gasteiger partial charge in [0.1, 0.15) is 11.4 Å². The van der Waals surface area contributed by atoms with Crippen LogP contribution in [-0.2, 0) is 4.79 Å². The van der Waals surface area contributed by atoms with Gasteiger partial charge >= 0.3 is 0 Å². The van der Waals surface area contributed by atoms with Crippen LogP contribution in [0.5, 0.6) is 17.2 Å². The van der Waals surface area contributed by atoms with Crippen LogP contribution in [0.15, 0.2) is 42.5 Å². The monoisotopic (exact) mass is 383 g/mol. The Kier molecular flexibility index (Phi) is 5.82. The molecule has 5 nitrogen and oxygen atoms in total. The minimum Gasteiger partial charge on any atom is -0.493 e. The van der Waals surface area contributed by atoms with Crippen LogP contribution in [0.2, 0.25) is 0 Å². The van der Waals surface area contributed by atoms with Crippen LogP contribution in [0.3, 0.4) is 0 Å². The van der Waals surface area contributed by atoms with Crippen molar-refractivity contribution in [3.05, 3.63) is 53.6 Å². The summed E-state index contributed by atoms with van der Waals surface area (Å²) >= 11 is 0. The summed E-state index contributed by atoms with van der Waals surface area (Å²) in [7, 11) is 1.59. The van der Waals surface area contributed by atoms with E-state index in [1.165, 1.54) is 0 Å². The maximum atomic E-state index is 13.0. The number of para-hydroxylation sites is 2. The molecule has 0 fully saturated rings. The number of benzene rings is 2. The first-order valence-corrected chi connectivity index (χ1v) is 9.72. The molecule has 1 aliphatic heterocycles. The van der Waals surface area contributed by atoms with E-state index in [4.69, 9.17) is 14.2 Å². The van der Waals surface area contributed by atoms with E-state index in [0.717, 1.165) is 16.9 Å². The van der Waals surface area contributed by atoms with Gasteiger partial charge in [-0.05, 0) is 45.4 Å². The predicted octanol–water partition coefficient (Wildman–Crippen LogP) is 4.58. The standard InChI is InChI=1S/C23H29NO4/c1-6-18(27-21-10-8-7-9-20(21)26-5)22(25)24-17-14-23(3,4)28-19-12-11-15(2)13-16(17)19/h7-13,17-18H,6,14H2,1-5H3,(H,24,25). The second-order valence-electron chi connectivity index (χ2n) is 7.83. The zero-order valence-corrected chi connectivity index (χ0v) is 17.2. The SMILES string of the molecule is CCC(Oc1ccccc1OC)C(=O)NC1CC(C)(C)Oc2ccc(C)cc21. The Bertz CT molecular complexity index is 846. The van der Waals surface area contributed by atoms with Gasteiger partial charge in [0.2, 0.25) is 0 Å². The Morgan fingerprint density at radius 2 is 1.96 bits per heavy atom. The summed E-state index contributed by atoms with van der Waals surface area (Å²) in [4.78, 5) is 13.0. The molecular weight excluding hydrogens is 354 g/mol. The minimum atomic E-state index is -0.601. The average Bonchev–Trinajstić information content (AvgIpc) is 2.66. The summed E-state index contributed by atoms with van der Waals surface area (Å²) in [5, 5.41) is 3.18. The van der Waals surface area contributed by atoms with Crippen molar-refractivity contribution >= 4 is 5.91 Å². The topological polar surface area (TPSA) is 56.8 Å². The van der Waals surface area contributed by atoms with Crippen molar-refractivity contribution in [2.75, 3.05) is 7.11 Å². The number of ether oxygens (including phenoxy) is 3. The highest BCUT2D eigenvalue weighted by Gasteiger charge is 2.35. The number of carbonyl (C=O) groups excluding carboxylic acids is 1. The number of carbonyl (C=O) groups is 1. The van der Waals surface area contributed by atoms with Gasteiger partial charge in [0.25, 0.3) is 5.91 Å². The number of nitrogens with one attached hydrogen (secondary N) is 1. The molecule has 1 amide bonds. The van der Waals surface area contributed by atoms with Gasteiger partial charge in [0.15, 0.2) is 17.6 Å². The molecule has 0 radical (unpaired) electrons. The summed E-state index contributed by atoms with van der Waals surface area (Å²) in [5.41, 5.74) is 1.80. The van der Waals surface area contributed by atoms with Gasteiger partial charge in [-0.15, -0.1) is 0 Å². The number of rotatable bonds is 6. The van der Waals surface area contributed by atoms with Crippen LogP contribution in [-0.4, -0.2) is 24.7 Å². The van der Waals surface area contributed by atoms with Crippen LogP contribution in [0.1, 0.15) is 50.8 Å². The fourth-order valence-electron chi connectivity index (χ4n) is 3.56. The summed E-state index contributed by atoms with van der Waals surface area (Å²) in [5.74, 6) is 1.87. The van der Waals surface area contributed by atoms with Crippen LogP contribution < -0.4 is 19.5 Å². The van der Waals surface area contributed by atoms with E-state index in [1.54, 1.807) is 7.11 Å². The first-order valence-electron chi connectivity index (χ1n) is 9.72. The number of amides is 1. The molecule has 0 bridgehead atoms. The summed E-state index contributed by atoms with van der Waals surface area (Å²) in [6, 6.07) is 13.3. The third-order valence-electron chi connectivity index (χ3n) is 4.94. The number of methoxy groups -OCH3 is 1. The second kappa shape index (κ2) is 8.13. The van der Waals surface area contributed by atoms with Gasteiger partial charge in [-0.3, -0.25) is 4.79 Å². The molecule has 2 unspecified atom stereocenters. The molecule has 0 aromatic heterocycles. The molecule has 2 aromatic rings. The van der Waals surface area contributed by atoms with E-state index >= 15 is 0 Å². The molecule has 150 valence electrons. The Morgan fingerprint density at radius 1 is 1.25 bits per heavy atom. The normalized spacial score (nSPS) is 18.4. The van der Waals surface area contributed by atoms with E-state index in [2.05, 4.69) is 11.4 Å². The summed E-state index contributed by atoms with van der Waals surface area (Å²) < 4.78 is 17.4. The minimum absolute atomic E-state index is 0.124. The highest BCUT2D eigenvalue weighted by Crippen LogP contribution is 2.40. The summed E-state index contributed by atoms with van der Waals surface area (Å²) in [6.45, 7) is 8.05. The van der Waals surface area contributed by atoms with Crippen molar-refractivity contribution < 1.29 is 19.0 Å². The highest BCUT2D eigenvalue weighted by molar-refractivity contribution is 5.81. The number of aryl methyl sites for hydroxylation is 1. The smallest absolute Gasteiger partial charge is 0.261 e. The molecule has 0 saturated heterocycles. The van der Waals surface area contributed by atoms with Crippen molar-refractivity contribution in [1.29, 1.82) is 0 Å². The Hall–Kier alpha value is -2.69. The maximum absolute atomic E-state index is 13.0. The van der Waals surface area contributed by atoms with Gasteiger partial charge in [0.05, 0.1) is 13.2 Å². The lowest BCUT2D eigenvalue weighted by atomic mass is 9.88. The molecule has 0 spiro atoms. The first kappa shape index (κ1) is 20.1. The lowest BCUT2D eigenvalue weighted by molar-refractivity contribution is -0.129. The zero-order chi connectivity index (χ0) is 20.3. The van der Waals surface area contributed by atoms with E-state index in [-0.39, 0.29) is 17.6 Å². The van der Waals surface area contributed by atoms with Crippen LogP contribution in [0, 0.1) is 6.92 Å². The molecule has 3 rings (SSSR count). The number of hydrogen-bond donors (Lipinski definition) is 1. The molecule has 1 N–H and O–H groups in total. The zero-order valence-electron chi connectivity index (χ0n) is 17.2. The molecule has 1 heterocycles. The molecule has 0 saturated carbocycles. The molecule has 2 atom stereocenters. The summed E-state index contributed by atoms with van der Waals surface area (Å²) in [6.07, 6.45) is 0.646. The highest BCUT2D eigenvalue weighted by atomic mass is 16.5. The number of hydrogen-bond acceptors (Lipinski definition) is 4. The van der Waals surface area contributed by atoms with Gasteiger partial charge in [-0.2, -0.15) is 0 Å². The van der Waals surface area contributed by atoms with E-state index in [9.17, 15) is 4.79 Å².